The first-order chi connectivity index (χ1) is 13.1. The van der Waals surface area contributed by atoms with Gasteiger partial charge in [0.05, 0.1) is 5.02 Å². The molecule has 3 N–H and O–H groups in total. The van der Waals surface area contributed by atoms with E-state index in [-0.39, 0.29) is 5.91 Å². The van der Waals surface area contributed by atoms with Crippen LogP contribution in [0, 0.1) is 5.92 Å². The summed E-state index contributed by atoms with van der Waals surface area (Å²) in [7, 11) is 0. The fourth-order valence-electron chi connectivity index (χ4n) is 3.28. The Kier molecular flexibility index (Phi) is 4.76. The zero-order valence-corrected chi connectivity index (χ0v) is 15.3. The van der Waals surface area contributed by atoms with Crippen LogP contribution in [0.15, 0.2) is 30.7 Å². The molecule has 1 amide bonds. The van der Waals surface area contributed by atoms with Gasteiger partial charge in [0.25, 0.3) is 5.91 Å². The molecule has 1 aliphatic heterocycles. The highest BCUT2D eigenvalue weighted by Crippen LogP contribution is 2.23. The van der Waals surface area contributed by atoms with E-state index < -0.39 is 0 Å². The van der Waals surface area contributed by atoms with E-state index in [1.165, 1.54) is 6.20 Å². The lowest BCUT2D eigenvalue weighted by atomic mass is 9.98. The molecule has 1 atom stereocenters. The predicted molar refractivity (Wildman–Crippen MR) is 102 cm³/mol. The van der Waals surface area contributed by atoms with Gasteiger partial charge in [0.15, 0.2) is 5.65 Å². The van der Waals surface area contributed by atoms with Crippen molar-refractivity contribution in [1.29, 1.82) is 0 Å². The van der Waals surface area contributed by atoms with Gasteiger partial charge in [0, 0.05) is 31.9 Å². The second kappa shape index (κ2) is 7.36. The lowest BCUT2D eigenvalue weighted by molar-refractivity contribution is 0.0940. The van der Waals surface area contributed by atoms with Gasteiger partial charge in [-0.2, -0.15) is 4.98 Å². The molecule has 0 radical (unpaired) electrons. The molecule has 1 fully saturated rings. The monoisotopic (exact) mass is 386 g/mol. The van der Waals surface area contributed by atoms with E-state index in [1.807, 2.05) is 6.07 Å². The average Bonchev–Trinajstić information content (AvgIpc) is 3.16. The third-order valence-electron chi connectivity index (χ3n) is 4.66. The number of amides is 1. The van der Waals surface area contributed by atoms with E-state index in [1.54, 1.807) is 22.9 Å². The molecule has 4 heterocycles. The van der Waals surface area contributed by atoms with Gasteiger partial charge in [-0.25, -0.2) is 4.98 Å². The van der Waals surface area contributed by atoms with Crippen LogP contribution < -0.4 is 16.0 Å². The van der Waals surface area contributed by atoms with Crippen molar-refractivity contribution in [2.75, 3.05) is 30.3 Å². The molecule has 9 nitrogen and oxygen atoms in total. The van der Waals surface area contributed by atoms with Gasteiger partial charge in [-0.1, -0.05) is 11.6 Å². The molecular weight excluding hydrogens is 368 g/mol. The molecule has 0 aromatic carbocycles. The van der Waals surface area contributed by atoms with Gasteiger partial charge in [0.1, 0.15) is 17.8 Å². The minimum absolute atomic E-state index is 0.198. The molecule has 3 aromatic heterocycles. The molecule has 140 valence electrons. The molecule has 4 rings (SSSR count). The number of piperidine rings is 1. The van der Waals surface area contributed by atoms with E-state index in [9.17, 15) is 4.79 Å². The van der Waals surface area contributed by atoms with Crippen molar-refractivity contribution in [3.63, 3.8) is 0 Å². The Hall–Kier alpha value is -2.94. The Morgan fingerprint density at radius 1 is 1.41 bits per heavy atom. The van der Waals surface area contributed by atoms with Crippen molar-refractivity contribution in [3.05, 3.63) is 41.4 Å². The number of nitrogens with two attached hydrogens (primary N) is 1. The molecule has 3 aromatic rings. The van der Waals surface area contributed by atoms with Gasteiger partial charge in [-0.3, -0.25) is 9.20 Å². The highest BCUT2D eigenvalue weighted by Gasteiger charge is 2.23. The topological polar surface area (TPSA) is 114 Å². The Labute approximate surface area is 160 Å². The van der Waals surface area contributed by atoms with Crippen LogP contribution in [0.1, 0.15) is 23.3 Å². The van der Waals surface area contributed by atoms with Crippen LogP contribution in [0.2, 0.25) is 5.02 Å². The van der Waals surface area contributed by atoms with E-state index >= 15 is 0 Å². The van der Waals surface area contributed by atoms with E-state index in [0.717, 1.165) is 31.7 Å². The summed E-state index contributed by atoms with van der Waals surface area (Å²) in [4.78, 5) is 22.9. The van der Waals surface area contributed by atoms with Crippen LogP contribution in [0.3, 0.4) is 0 Å². The number of rotatable bonds is 4. The van der Waals surface area contributed by atoms with Crippen LogP contribution in [0.25, 0.3) is 5.65 Å². The molecular formula is C17H19ClN8O. The van der Waals surface area contributed by atoms with E-state index in [0.29, 0.717) is 34.8 Å². The Morgan fingerprint density at radius 3 is 3.11 bits per heavy atom. The van der Waals surface area contributed by atoms with E-state index in [4.69, 9.17) is 17.3 Å². The van der Waals surface area contributed by atoms with Crippen LogP contribution in [-0.2, 0) is 0 Å². The molecule has 0 bridgehead atoms. The summed E-state index contributed by atoms with van der Waals surface area (Å²) < 4.78 is 1.64. The molecule has 10 heteroatoms. The number of fused-ring (bicyclic) bond motifs is 1. The van der Waals surface area contributed by atoms with Crippen molar-refractivity contribution in [3.8, 4) is 0 Å². The summed E-state index contributed by atoms with van der Waals surface area (Å²) in [6, 6.07) is 5.15. The second-order valence-electron chi connectivity index (χ2n) is 6.56. The minimum atomic E-state index is -0.198. The standard InChI is InChI=1S/C17H19ClN8O/c18-12-3-4-13(20-8-12)16(27)21-7-11-2-1-5-25(9-11)14-6-15-24-22-10-26(15)17(19)23-14/h3-4,6,8,10-11H,1-2,5,7,9H2,(H2,19,23)(H,21,27). The summed E-state index contributed by atoms with van der Waals surface area (Å²) in [5.41, 5.74) is 7.02. The summed E-state index contributed by atoms with van der Waals surface area (Å²) in [6.07, 6.45) is 5.06. The number of aromatic nitrogens is 5. The molecule has 1 saturated heterocycles. The SMILES string of the molecule is Nc1nc(N2CCCC(CNC(=O)c3ccc(Cl)cn3)C2)cc2nncn12. The molecule has 0 saturated carbocycles. The maximum absolute atomic E-state index is 12.2. The quantitative estimate of drug-likeness (QED) is 0.696. The van der Waals surface area contributed by atoms with Gasteiger partial charge in [-0.15, -0.1) is 10.2 Å². The number of nitrogens with one attached hydrogen (secondary N) is 1. The van der Waals surface area contributed by atoms with Gasteiger partial charge in [-0.05, 0) is 30.9 Å². The van der Waals surface area contributed by atoms with Gasteiger partial charge >= 0.3 is 0 Å². The van der Waals surface area contributed by atoms with E-state index in [2.05, 4.69) is 30.4 Å². The van der Waals surface area contributed by atoms with Crippen molar-refractivity contribution in [2.24, 2.45) is 5.92 Å². The lowest BCUT2D eigenvalue weighted by Gasteiger charge is -2.33. The Morgan fingerprint density at radius 2 is 2.30 bits per heavy atom. The summed E-state index contributed by atoms with van der Waals surface area (Å²) in [5, 5.41) is 11.4. The van der Waals surface area contributed by atoms with Crippen LogP contribution in [0.5, 0.6) is 0 Å². The Balaban J connectivity index is 1.40. The molecule has 0 aliphatic carbocycles. The molecule has 1 aliphatic rings. The first-order valence-corrected chi connectivity index (χ1v) is 9.09. The number of nitrogen functional groups attached to an aromatic ring is 1. The smallest absolute Gasteiger partial charge is 0.269 e. The fourth-order valence-corrected chi connectivity index (χ4v) is 3.39. The predicted octanol–water partition coefficient (Wildman–Crippen LogP) is 1.40. The summed E-state index contributed by atoms with van der Waals surface area (Å²) in [5.74, 6) is 1.25. The Bertz CT molecular complexity index is 957. The van der Waals surface area contributed by atoms with Gasteiger partial charge < -0.3 is 16.0 Å². The summed E-state index contributed by atoms with van der Waals surface area (Å²) in [6.45, 7) is 2.24. The molecule has 1 unspecified atom stereocenters. The van der Waals surface area contributed by atoms with Crippen molar-refractivity contribution < 1.29 is 4.79 Å². The number of hydrogen-bond acceptors (Lipinski definition) is 7. The number of halogens is 1. The van der Waals surface area contributed by atoms with Crippen LogP contribution in [-0.4, -0.2) is 50.1 Å². The number of pyridine rings is 1. The first kappa shape index (κ1) is 17.5. The number of carbonyl (C=O) groups excluding carboxylic acids is 1. The average molecular weight is 387 g/mol. The summed E-state index contributed by atoms with van der Waals surface area (Å²) >= 11 is 5.81. The molecule has 27 heavy (non-hydrogen) atoms. The molecule has 0 spiro atoms. The lowest BCUT2D eigenvalue weighted by Crippen LogP contribution is -2.41. The van der Waals surface area contributed by atoms with Crippen molar-refractivity contribution in [2.45, 2.75) is 12.8 Å². The largest absolute Gasteiger partial charge is 0.369 e. The number of anilines is 2. The maximum Gasteiger partial charge on any atom is 0.269 e. The number of carbonyl (C=O) groups is 1. The van der Waals surface area contributed by atoms with Gasteiger partial charge in [0.2, 0.25) is 5.95 Å². The third-order valence-corrected chi connectivity index (χ3v) is 4.89. The fraction of sp³-hybridized carbons (Fsp3) is 0.353. The third kappa shape index (κ3) is 3.77. The number of hydrogen-bond donors (Lipinski definition) is 2. The first-order valence-electron chi connectivity index (χ1n) is 8.71. The van der Waals surface area contributed by atoms with Crippen molar-refractivity contribution in [1.82, 2.24) is 29.9 Å². The highest BCUT2D eigenvalue weighted by atomic mass is 35.5. The maximum atomic E-state index is 12.2. The number of nitrogens with zero attached hydrogens (tertiary/aromatic N) is 6. The van der Waals surface area contributed by atoms with Crippen LogP contribution >= 0.6 is 11.6 Å². The normalized spacial score (nSPS) is 17.2. The zero-order valence-electron chi connectivity index (χ0n) is 14.5. The zero-order chi connectivity index (χ0) is 18.8. The van der Waals surface area contributed by atoms with Crippen molar-refractivity contribution >= 4 is 34.9 Å². The van der Waals surface area contributed by atoms with Crippen LogP contribution in [0.4, 0.5) is 11.8 Å². The highest BCUT2D eigenvalue weighted by molar-refractivity contribution is 6.30. The minimum Gasteiger partial charge on any atom is -0.369 e. The second-order valence-corrected chi connectivity index (χ2v) is 6.99.